The highest BCUT2D eigenvalue weighted by Crippen LogP contribution is 2.29. The third-order valence-electron chi connectivity index (χ3n) is 5.07. The standard InChI is InChI=1S/C28H32N2O5/c1-4-6-16-34-25-14-12-22(17-27(25)33-5-2)19-29-30-28(31)23-13-15-24(26(18-23)32-3)35-20-21-10-8-7-9-11-21/h7-15,17-19H,4-6,16,20H2,1-3H3,(H,30,31)/b29-19+. The van der Waals surface area contributed by atoms with E-state index in [2.05, 4.69) is 17.5 Å². The summed E-state index contributed by atoms with van der Waals surface area (Å²) in [5.41, 5.74) is 4.77. The minimum absolute atomic E-state index is 0.362. The zero-order chi connectivity index (χ0) is 24.9. The Morgan fingerprint density at radius 3 is 2.40 bits per heavy atom. The van der Waals surface area contributed by atoms with Gasteiger partial charge >= 0.3 is 0 Å². The fraction of sp³-hybridized carbons (Fsp3) is 0.286. The molecule has 0 unspecified atom stereocenters. The average Bonchev–Trinajstić information content (AvgIpc) is 2.89. The number of benzene rings is 3. The van der Waals surface area contributed by atoms with E-state index in [-0.39, 0.29) is 5.91 Å². The van der Waals surface area contributed by atoms with Gasteiger partial charge in [-0.1, -0.05) is 43.7 Å². The summed E-state index contributed by atoms with van der Waals surface area (Å²) in [5, 5.41) is 4.09. The molecule has 0 aliphatic carbocycles. The van der Waals surface area contributed by atoms with Gasteiger partial charge in [0.25, 0.3) is 5.91 Å². The van der Waals surface area contributed by atoms with Crippen LogP contribution in [0.2, 0.25) is 0 Å². The van der Waals surface area contributed by atoms with Crippen LogP contribution in [0.15, 0.2) is 71.8 Å². The molecule has 35 heavy (non-hydrogen) atoms. The topological polar surface area (TPSA) is 78.4 Å². The molecule has 1 amide bonds. The van der Waals surface area contributed by atoms with Crippen LogP contribution < -0.4 is 24.4 Å². The molecular formula is C28H32N2O5. The lowest BCUT2D eigenvalue weighted by molar-refractivity contribution is 0.0954. The number of carbonyl (C=O) groups excluding carboxylic acids is 1. The summed E-state index contributed by atoms with van der Waals surface area (Å²) >= 11 is 0. The van der Waals surface area contributed by atoms with Crippen molar-refractivity contribution in [3.63, 3.8) is 0 Å². The summed E-state index contributed by atoms with van der Waals surface area (Å²) in [6, 6.07) is 20.4. The number of hydrazone groups is 1. The van der Waals surface area contributed by atoms with Gasteiger partial charge in [0.1, 0.15) is 6.61 Å². The molecule has 7 nitrogen and oxygen atoms in total. The smallest absolute Gasteiger partial charge is 0.271 e. The molecule has 0 atom stereocenters. The van der Waals surface area contributed by atoms with Gasteiger partial charge in [0.05, 0.1) is 26.5 Å². The van der Waals surface area contributed by atoms with Gasteiger partial charge in [-0.15, -0.1) is 0 Å². The van der Waals surface area contributed by atoms with E-state index in [0.717, 1.165) is 24.0 Å². The maximum atomic E-state index is 12.6. The van der Waals surface area contributed by atoms with Crippen molar-refractivity contribution in [2.45, 2.75) is 33.3 Å². The van der Waals surface area contributed by atoms with Crippen molar-refractivity contribution in [1.29, 1.82) is 0 Å². The van der Waals surface area contributed by atoms with Gasteiger partial charge in [0.15, 0.2) is 23.0 Å². The Morgan fingerprint density at radius 2 is 1.66 bits per heavy atom. The van der Waals surface area contributed by atoms with Gasteiger partial charge in [0, 0.05) is 5.56 Å². The first-order chi connectivity index (χ1) is 17.1. The summed E-state index contributed by atoms with van der Waals surface area (Å²) < 4.78 is 22.8. The third-order valence-corrected chi connectivity index (χ3v) is 5.07. The zero-order valence-corrected chi connectivity index (χ0v) is 20.5. The monoisotopic (exact) mass is 476 g/mol. The van der Waals surface area contributed by atoms with Crippen molar-refractivity contribution in [3.8, 4) is 23.0 Å². The number of ether oxygens (including phenoxy) is 4. The Morgan fingerprint density at radius 1 is 0.886 bits per heavy atom. The lowest BCUT2D eigenvalue weighted by Crippen LogP contribution is -2.17. The van der Waals surface area contributed by atoms with Crippen LogP contribution in [0, 0.1) is 0 Å². The molecule has 7 heteroatoms. The highest BCUT2D eigenvalue weighted by atomic mass is 16.5. The van der Waals surface area contributed by atoms with E-state index in [1.165, 1.54) is 7.11 Å². The minimum Gasteiger partial charge on any atom is -0.493 e. The molecule has 0 aromatic heterocycles. The second kappa shape index (κ2) is 13.6. The molecule has 184 valence electrons. The molecule has 1 N–H and O–H groups in total. The lowest BCUT2D eigenvalue weighted by Gasteiger charge is -2.12. The highest BCUT2D eigenvalue weighted by molar-refractivity contribution is 5.95. The fourth-order valence-corrected chi connectivity index (χ4v) is 3.21. The molecule has 3 rings (SSSR count). The molecule has 0 radical (unpaired) electrons. The van der Waals surface area contributed by atoms with Crippen LogP contribution in [0.3, 0.4) is 0 Å². The van der Waals surface area contributed by atoms with Crippen molar-refractivity contribution >= 4 is 12.1 Å². The van der Waals surface area contributed by atoms with Crippen LogP contribution in [0.1, 0.15) is 48.2 Å². The second-order valence-corrected chi connectivity index (χ2v) is 7.68. The molecule has 3 aromatic rings. The number of amides is 1. The van der Waals surface area contributed by atoms with E-state index in [0.29, 0.717) is 48.4 Å². The van der Waals surface area contributed by atoms with Gasteiger partial charge in [-0.3, -0.25) is 4.79 Å². The van der Waals surface area contributed by atoms with Gasteiger partial charge < -0.3 is 18.9 Å². The number of nitrogens with one attached hydrogen (secondary N) is 1. The molecule has 0 aliphatic rings. The number of unbranched alkanes of at least 4 members (excludes halogenated alkanes) is 1. The molecule has 0 aliphatic heterocycles. The first-order valence-corrected chi connectivity index (χ1v) is 11.7. The van der Waals surface area contributed by atoms with E-state index < -0.39 is 0 Å². The Balaban J connectivity index is 1.62. The molecule has 0 bridgehead atoms. The Bertz CT molecular complexity index is 1120. The van der Waals surface area contributed by atoms with Crippen molar-refractivity contribution in [2.75, 3.05) is 20.3 Å². The summed E-state index contributed by atoms with van der Waals surface area (Å²) in [7, 11) is 1.54. The van der Waals surface area contributed by atoms with Crippen LogP contribution in [-0.2, 0) is 6.61 Å². The number of hydrogen-bond acceptors (Lipinski definition) is 6. The largest absolute Gasteiger partial charge is 0.493 e. The molecule has 0 saturated heterocycles. The van der Waals surface area contributed by atoms with E-state index in [1.807, 2.05) is 55.5 Å². The maximum absolute atomic E-state index is 12.6. The first kappa shape index (κ1) is 25.6. The predicted molar refractivity (Wildman–Crippen MR) is 137 cm³/mol. The SMILES string of the molecule is CCCCOc1ccc(/C=N/NC(=O)c2ccc(OCc3ccccc3)c(OC)c2)cc1OCC. The number of hydrogen-bond donors (Lipinski definition) is 1. The fourth-order valence-electron chi connectivity index (χ4n) is 3.21. The summed E-state index contributed by atoms with van der Waals surface area (Å²) in [5.74, 6) is 2.01. The minimum atomic E-state index is -0.362. The van der Waals surface area contributed by atoms with E-state index in [9.17, 15) is 4.79 Å². The number of methoxy groups -OCH3 is 1. The Labute approximate surface area is 206 Å². The van der Waals surface area contributed by atoms with Gasteiger partial charge in [0.2, 0.25) is 0 Å². The normalized spacial score (nSPS) is 10.7. The quantitative estimate of drug-likeness (QED) is 0.197. The molecular weight excluding hydrogens is 444 g/mol. The van der Waals surface area contributed by atoms with Crippen molar-refractivity contribution in [3.05, 3.63) is 83.4 Å². The van der Waals surface area contributed by atoms with Crippen molar-refractivity contribution < 1.29 is 23.7 Å². The van der Waals surface area contributed by atoms with Gasteiger partial charge in [-0.25, -0.2) is 5.43 Å². The average molecular weight is 477 g/mol. The lowest BCUT2D eigenvalue weighted by atomic mass is 10.2. The van der Waals surface area contributed by atoms with Gasteiger partial charge in [-0.2, -0.15) is 5.10 Å². The molecule has 0 heterocycles. The number of rotatable bonds is 13. The summed E-state index contributed by atoms with van der Waals surface area (Å²) in [6.07, 6.45) is 3.60. The van der Waals surface area contributed by atoms with Crippen molar-refractivity contribution in [2.24, 2.45) is 5.10 Å². The first-order valence-electron chi connectivity index (χ1n) is 11.7. The predicted octanol–water partition coefficient (Wildman–Crippen LogP) is 5.62. The highest BCUT2D eigenvalue weighted by Gasteiger charge is 2.11. The van der Waals surface area contributed by atoms with Crippen LogP contribution in [0.5, 0.6) is 23.0 Å². The second-order valence-electron chi connectivity index (χ2n) is 7.68. The number of carbonyl (C=O) groups is 1. The van der Waals surface area contributed by atoms with E-state index in [1.54, 1.807) is 24.4 Å². The van der Waals surface area contributed by atoms with Crippen molar-refractivity contribution in [1.82, 2.24) is 5.43 Å². The molecule has 3 aromatic carbocycles. The van der Waals surface area contributed by atoms with E-state index >= 15 is 0 Å². The van der Waals surface area contributed by atoms with Crippen LogP contribution in [0.25, 0.3) is 0 Å². The maximum Gasteiger partial charge on any atom is 0.271 e. The van der Waals surface area contributed by atoms with Crippen LogP contribution >= 0.6 is 0 Å². The molecule has 0 fully saturated rings. The number of nitrogens with zero attached hydrogens (tertiary/aromatic N) is 1. The Hall–Kier alpha value is -4.00. The third kappa shape index (κ3) is 7.78. The van der Waals surface area contributed by atoms with Gasteiger partial charge in [-0.05, 0) is 60.9 Å². The molecule has 0 spiro atoms. The summed E-state index contributed by atoms with van der Waals surface area (Å²) in [4.78, 5) is 12.6. The zero-order valence-electron chi connectivity index (χ0n) is 20.5. The van der Waals surface area contributed by atoms with Crippen LogP contribution in [-0.4, -0.2) is 32.4 Å². The molecule has 0 saturated carbocycles. The van der Waals surface area contributed by atoms with Crippen LogP contribution in [0.4, 0.5) is 0 Å². The van der Waals surface area contributed by atoms with E-state index in [4.69, 9.17) is 18.9 Å². The Kier molecular flexibility index (Phi) is 9.99. The summed E-state index contributed by atoms with van der Waals surface area (Å²) in [6.45, 7) is 5.60.